The maximum absolute atomic E-state index is 8.98. The van der Waals surface area contributed by atoms with E-state index in [0.717, 1.165) is 43.0 Å². The van der Waals surface area contributed by atoms with Crippen LogP contribution in [0.4, 0.5) is 5.82 Å². The first-order valence-electron chi connectivity index (χ1n) is 6.80. The molecule has 3 N–H and O–H groups in total. The van der Waals surface area contributed by atoms with E-state index in [0.29, 0.717) is 11.7 Å². The summed E-state index contributed by atoms with van der Waals surface area (Å²) >= 11 is 0. The van der Waals surface area contributed by atoms with Gasteiger partial charge in [0.25, 0.3) is 0 Å². The molecule has 1 saturated heterocycles. The third-order valence-corrected chi connectivity index (χ3v) is 3.76. The van der Waals surface area contributed by atoms with Crippen LogP contribution in [0.1, 0.15) is 29.7 Å². The van der Waals surface area contributed by atoms with E-state index >= 15 is 0 Å². The number of nitrogens with zero attached hydrogens (tertiary/aromatic N) is 3. The van der Waals surface area contributed by atoms with Crippen molar-refractivity contribution in [2.45, 2.75) is 32.8 Å². The van der Waals surface area contributed by atoms with Crippen molar-refractivity contribution >= 4 is 11.7 Å². The van der Waals surface area contributed by atoms with Gasteiger partial charge < -0.3 is 20.6 Å². The van der Waals surface area contributed by atoms with Gasteiger partial charge in [-0.25, -0.2) is 4.98 Å². The Balaban J connectivity index is 2.36. The van der Waals surface area contributed by atoms with Gasteiger partial charge >= 0.3 is 0 Å². The smallest absolute Gasteiger partial charge is 0.174 e. The molecule has 0 amide bonds. The van der Waals surface area contributed by atoms with Crippen LogP contribution in [0.3, 0.4) is 0 Å². The number of amidine groups is 1. The average Bonchev–Trinajstić information content (AvgIpc) is 2.46. The third-order valence-electron chi connectivity index (χ3n) is 3.76. The Bertz CT molecular complexity index is 508. The van der Waals surface area contributed by atoms with Crippen LogP contribution in [-0.2, 0) is 4.74 Å². The molecule has 0 atom stereocenters. The molecule has 0 bridgehead atoms. The summed E-state index contributed by atoms with van der Waals surface area (Å²) in [5.41, 5.74) is 8.43. The molecule has 2 heterocycles. The van der Waals surface area contributed by atoms with Gasteiger partial charge in [-0.15, -0.1) is 0 Å². The zero-order chi connectivity index (χ0) is 14.7. The van der Waals surface area contributed by atoms with Gasteiger partial charge in [0.15, 0.2) is 5.84 Å². The normalized spacial score (nSPS) is 17.6. The van der Waals surface area contributed by atoms with Crippen LogP contribution in [0.5, 0.6) is 0 Å². The second-order valence-corrected chi connectivity index (χ2v) is 5.19. The van der Waals surface area contributed by atoms with Crippen molar-refractivity contribution in [1.82, 2.24) is 4.98 Å². The molecule has 6 nitrogen and oxygen atoms in total. The van der Waals surface area contributed by atoms with Crippen molar-refractivity contribution in [2.75, 3.05) is 25.1 Å². The standard InChI is InChI=1S/C14H22N4O2/c1-9-8-10(2)16-14(12(9)13(15)17-19)18-6-4-11(20-3)5-7-18/h8,11,19H,4-7H2,1-3H3,(H2,15,17). The van der Waals surface area contributed by atoms with Crippen LogP contribution < -0.4 is 10.6 Å². The number of nitrogens with two attached hydrogens (primary N) is 1. The number of aryl methyl sites for hydroxylation is 2. The van der Waals surface area contributed by atoms with Gasteiger partial charge in [-0.3, -0.25) is 0 Å². The maximum Gasteiger partial charge on any atom is 0.174 e. The van der Waals surface area contributed by atoms with Crippen LogP contribution in [0.15, 0.2) is 11.2 Å². The van der Waals surface area contributed by atoms with Crippen LogP contribution >= 0.6 is 0 Å². The quantitative estimate of drug-likeness (QED) is 0.378. The second-order valence-electron chi connectivity index (χ2n) is 5.19. The van der Waals surface area contributed by atoms with Crippen LogP contribution in [0.25, 0.3) is 0 Å². The molecule has 1 aromatic rings. The lowest BCUT2D eigenvalue weighted by molar-refractivity contribution is 0.0818. The molecular weight excluding hydrogens is 256 g/mol. The molecule has 1 aromatic heterocycles. The molecular formula is C14H22N4O2. The van der Waals surface area contributed by atoms with Gasteiger partial charge in [-0.1, -0.05) is 5.16 Å². The van der Waals surface area contributed by atoms with E-state index in [1.165, 1.54) is 0 Å². The van der Waals surface area contributed by atoms with Crippen molar-refractivity contribution in [2.24, 2.45) is 10.9 Å². The summed E-state index contributed by atoms with van der Waals surface area (Å²) in [5, 5.41) is 12.1. The Hall–Kier alpha value is -1.82. The summed E-state index contributed by atoms with van der Waals surface area (Å²) in [6.45, 7) is 5.63. The molecule has 0 unspecified atom stereocenters. The molecule has 0 spiro atoms. The fourth-order valence-corrected chi connectivity index (χ4v) is 2.72. The summed E-state index contributed by atoms with van der Waals surface area (Å²) in [5.74, 6) is 0.909. The SMILES string of the molecule is COC1CCN(c2nc(C)cc(C)c2C(N)=NO)CC1. The molecule has 0 radical (unpaired) electrons. The summed E-state index contributed by atoms with van der Waals surface area (Å²) < 4.78 is 5.39. The number of piperidine rings is 1. The highest BCUT2D eigenvalue weighted by Gasteiger charge is 2.24. The predicted octanol–water partition coefficient (Wildman–Crippen LogP) is 1.41. The zero-order valence-electron chi connectivity index (χ0n) is 12.3. The van der Waals surface area contributed by atoms with Gasteiger partial charge in [0.2, 0.25) is 0 Å². The Morgan fingerprint density at radius 1 is 1.45 bits per heavy atom. The van der Waals surface area contributed by atoms with Crippen molar-refractivity contribution in [3.63, 3.8) is 0 Å². The number of oxime groups is 1. The van der Waals surface area contributed by atoms with Crippen LogP contribution in [0.2, 0.25) is 0 Å². The van der Waals surface area contributed by atoms with E-state index in [1.54, 1.807) is 7.11 Å². The molecule has 20 heavy (non-hydrogen) atoms. The van der Waals surface area contributed by atoms with Gasteiger partial charge in [0.05, 0.1) is 11.7 Å². The monoisotopic (exact) mass is 278 g/mol. The Labute approximate surface area is 119 Å². The lowest BCUT2D eigenvalue weighted by Crippen LogP contribution is -2.38. The van der Waals surface area contributed by atoms with Crippen molar-refractivity contribution < 1.29 is 9.94 Å². The minimum absolute atomic E-state index is 0.110. The first-order chi connectivity index (χ1) is 9.56. The highest BCUT2D eigenvalue weighted by molar-refractivity contribution is 6.02. The number of rotatable bonds is 3. The molecule has 2 rings (SSSR count). The molecule has 0 aromatic carbocycles. The zero-order valence-corrected chi connectivity index (χ0v) is 12.3. The first-order valence-corrected chi connectivity index (χ1v) is 6.80. The van der Waals surface area contributed by atoms with E-state index in [1.807, 2.05) is 19.9 Å². The first kappa shape index (κ1) is 14.6. The average molecular weight is 278 g/mol. The molecule has 0 saturated carbocycles. The lowest BCUT2D eigenvalue weighted by Gasteiger charge is -2.33. The maximum atomic E-state index is 8.98. The highest BCUT2D eigenvalue weighted by Crippen LogP contribution is 2.26. The van der Waals surface area contributed by atoms with Gasteiger partial charge in [-0.05, 0) is 38.3 Å². The Morgan fingerprint density at radius 2 is 2.10 bits per heavy atom. The van der Waals surface area contributed by atoms with E-state index in [4.69, 9.17) is 15.7 Å². The Kier molecular flexibility index (Phi) is 4.44. The highest BCUT2D eigenvalue weighted by atomic mass is 16.5. The van der Waals surface area contributed by atoms with Crippen LogP contribution in [-0.4, -0.2) is 42.3 Å². The number of methoxy groups -OCH3 is 1. The van der Waals surface area contributed by atoms with Gasteiger partial charge in [0, 0.05) is 25.9 Å². The Morgan fingerprint density at radius 3 is 2.65 bits per heavy atom. The van der Waals surface area contributed by atoms with Crippen molar-refractivity contribution in [3.8, 4) is 0 Å². The van der Waals surface area contributed by atoms with Crippen molar-refractivity contribution in [1.29, 1.82) is 0 Å². The molecule has 0 aliphatic carbocycles. The molecule has 110 valence electrons. The lowest BCUT2D eigenvalue weighted by atomic mass is 10.0. The van der Waals surface area contributed by atoms with E-state index in [-0.39, 0.29) is 5.84 Å². The molecule has 1 fully saturated rings. The molecule has 1 aliphatic rings. The minimum atomic E-state index is 0.110. The predicted molar refractivity (Wildman–Crippen MR) is 78.5 cm³/mol. The number of ether oxygens (including phenoxy) is 1. The number of anilines is 1. The summed E-state index contributed by atoms with van der Waals surface area (Å²) in [7, 11) is 1.75. The fraction of sp³-hybridized carbons (Fsp3) is 0.571. The second kappa shape index (κ2) is 6.09. The number of pyridine rings is 1. The number of hydrogen-bond donors (Lipinski definition) is 2. The van der Waals surface area contributed by atoms with E-state index in [9.17, 15) is 0 Å². The van der Waals surface area contributed by atoms with Gasteiger partial charge in [0.1, 0.15) is 5.82 Å². The van der Waals surface area contributed by atoms with E-state index in [2.05, 4.69) is 15.0 Å². The number of hydrogen-bond acceptors (Lipinski definition) is 5. The minimum Gasteiger partial charge on any atom is -0.409 e. The van der Waals surface area contributed by atoms with Crippen molar-refractivity contribution in [3.05, 3.63) is 22.9 Å². The molecule has 6 heteroatoms. The summed E-state index contributed by atoms with van der Waals surface area (Å²) in [6.07, 6.45) is 2.23. The number of aromatic nitrogens is 1. The fourth-order valence-electron chi connectivity index (χ4n) is 2.72. The van der Waals surface area contributed by atoms with Gasteiger partial charge in [-0.2, -0.15) is 0 Å². The van der Waals surface area contributed by atoms with E-state index < -0.39 is 0 Å². The van der Waals surface area contributed by atoms with Crippen LogP contribution in [0, 0.1) is 13.8 Å². The third kappa shape index (κ3) is 2.85. The summed E-state index contributed by atoms with van der Waals surface area (Å²) in [4.78, 5) is 6.77. The molecule has 1 aliphatic heterocycles. The summed E-state index contributed by atoms with van der Waals surface area (Å²) in [6, 6.07) is 1.94. The topological polar surface area (TPSA) is 84.0 Å². The largest absolute Gasteiger partial charge is 0.409 e.